The molecule has 1 fully saturated rings. The third-order valence-corrected chi connectivity index (χ3v) is 4.38. The van der Waals surface area contributed by atoms with Crippen LogP contribution in [0.15, 0.2) is 34.9 Å². The zero-order chi connectivity index (χ0) is 18.0. The molecule has 0 radical (unpaired) electrons. The van der Waals surface area contributed by atoms with E-state index in [1.54, 1.807) is 30.0 Å². The molecule has 1 aliphatic rings. The Morgan fingerprint density at radius 3 is 2.52 bits per heavy atom. The van der Waals surface area contributed by atoms with Gasteiger partial charge in [-0.3, -0.25) is 4.79 Å². The molecule has 132 valence electrons. The maximum absolute atomic E-state index is 12.5. The molecule has 1 aromatic carbocycles. The lowest BCUT2D eigenvalue weighted by molar-refractivity contribution is 0.0598. The van der Waals surface area contributed by atoms with Crippen LogP contribution in [0.1, 0.15) is 33.5 Å². The number of anilines is 1. The van der Waals surface area contributed by atoms with Gasteiger partial charge in [0.1, 0.15) is 0 Å². The van der Waals surface area contributed by atoms with Gasteiger partial charge in [-0.2, -0.15) is 0 Å². The third-order valence-electron chi connectivity index (χ3n) is 4.38. The molecular weight excluding hydrogens is 322 g/mol. The summed E-state index contributed by atoms with van der Waals surface area (Å²) in [6, 6.07) is 8.99. The minimum absolute atomic E-state index is 0.0342. The third kappa shape index (κ3) is 3.50. The molecular formula is C18H21N3O4. The number of rotatable bonds is 3. The Balaban J connectivity index is 1.67. The van der Waals surface area contributed by atoms with Gasteiger partial charge in [-0.1, -0.05) is 5.16 Å². The van der Waals surface area contributed by atoms with E-state index in [0.717, 1.165) is 5.69 Å². The minimum Gasteiger partial charge on any atom is -0.465 e. The number of nitrogens with zero attached hydrogens (tertiary/aromatic N) is 3. The molecule has 0 unspecified atom stereocenters. The highest BCUT2D eigenvalue weighted by atomic mass is 16.5. The van der Waals surface area contributed by atoms with Crippen molar-refractivity contribution in [1.29, 1.82) is 0 Å². The molecule has 1 atom stereocenters. The topological polar surface area (TPSA) is 75.9 Å². The summed E-state index contributed by atoms with van der Waals surface area (Å²) in [5, 5.41) is 3.78. The number of benzene rings is 1. The summed E-state index contributed by atoms with van der Waals surface area (Å²) in [4.78, 5) is 28.1. The second kappa shape index (κ2) is 6.96. The van der Waals surface area contributed by atoms with E-state index in [-0.39, 0.29) is 23.7 Å². The lowest BCUT2D eigenvalue weighted by atomic mass is 10.1. The summed E-state index contributed by atoms with van der Waals surface area (Å²) >= 11 is 0. The molecule has 0 saturated carbocycles. The monoisotopic (exact) mass is 343 g/mol. The highest BCUT2D eigenvalue weighted by Crippen LogP contribution is 2.21. The van der Waals surface area contributed by atoms with Crippen LogP contribution in [-0.2, 0) is 4.74 Å². The molecule has 2 aromatic rings. The normalized spacial score (nSPS) is 17.5. The largest absolute Gasteiger partial charge is 0.465 e. The number of hydrogen-bond donors (Lipinski definition) is 0. The summed E-state index contributed by atoms with van der Waals surface area (Å²) in [6.45, 7) is 5.81. The van der Waals surface area contributed by atoms with Gasteiger partial charge in [0.05, 0.1) is 18.4 Å². The standard InChI is InChI=1S/C18H21N3O4/c1-12-10-16(25-19-12)17(22)21-9-8-20(11-13(21)2)15-6-4-14(5-7-15)18(23)24-3/h4-7,10,13H,8-9,11H2,1-3H3/t13-/m0/s1. The molecule has 7 heteroatoms. The van der Waals surface area contributed by atoms with Gasteiger partial charge in [-0.25, -0.2) is 4.79 Å². The van der Waals surface area contributed by atoms with Crippen molar-refractivity contribution >= 4 is 17.6 Å². The highest BCUT2D eigenvalue weighted by molar-refractivity contribution is 5.92. The Morgan fingerprint density at radius 2 is 1.96 bits per heavy atom. The van der Waals surface area contributed by atoms with Crippen molar-refractivity contribution in [3.05, 3.63) is 47.3 Å². The fourth-order valence-electron chi connectivity index (χ4n) is 3.03. The van der Waals surface area contributed by atoms with E-state index >= 15 is 0 Å². The summed E-state index contributed by atoms with van der Waals surface area (Å²) in [6.07, 6.45) is 0. The Morgan fingerprint density at radius 1 is 1.24 bits per heavy atom. The lowest BCUT2D eigenvalue weighted by Gasteiger charge is -2.40. The predicted octanol–water partition coefficient (Wildman–Crippen LogP) is 2.12. The Hall–Kier alpha value is -2.83. The number of methoxy groups -OCH3 is 1. The van der Waals surface area contributed by atoms with E-state index in [1.807, 2.05) is 19.1 Å². The molecule has 25 heavy (non-hydrogen) atoms. The molecule has 1 aromatic heterocycles. The zero-order valence-corrected chi connectivity index (χ0v) is 14.6. The molecule has 0 spiro atoms. The van der Waals surface area contributed by atoms with E-state index in [9.17, 15) is 9.59 Å². The van der Waals surface area contributed by atoms with Gasteiger partial charge in [0, 0.05) is 37.4 Å². The maximum atomic E-state index is 12.5. The Labute approximate surface area is 146 Å². The number of carbonyl (C=O) groups is 2. The van der Waals surface area contributed by atoms with Crippen LogP contribution in [0.3, 0.4) is 0 Å². The summed E-state index contributed by atoms with van der Waals surface area (Å²) < 4.78 is 9.80. The second-order valence-corrected chi connectivity index (χ2v) is 6.16. The Kier molecular flexibility index (Phi) is 4.74. The van der Waals surface area contributed by atoms with Crippen molar-refractivity contribution in [3.63, 3.8) is 0 Å². The van der Waals surface area contributed by atoms with E-state index in [0.29, 0.717) is 30.9 Å². The first-order valence-corrected chi connectivity index (χ1v) is 8.17. The van der Waals surface area contributed by atoms with Crippen LogP contribution in [-0.4, -0.2) is 54.7 Å². The van der Waals surface area contributed by atoms with Crippen molar-refractivity contribution in [2.75, 3.05) is 31.6 Å². The van der Waals surface area contributed by atoms with E-state index in [1.165, 1.54) is 7.11 Å². The number of carbonyl (C=O) groups excluding carboxylic acids is 2. The van der Waals surface area contributed by atoms with Crippen LogP contribution < -0.4 is 4.90 Å². The van der Waals surface area contributed by atoms with Gasteiger partial charge in [-0.15, -0.1) is 0 Å². The predicted molar refractivity (Wildman–Crippen MR) is 91.7 cm³/mol. The van der Waals surface area contributed by atoms with E-state index in [4.69, 9.17) is 9.26 Å². The number of amides is 1. The molecule has 0 aliphatic carbocycles. The van der Waals surface area contributed by atoms with Gasteiger partial charge < -0.3 is 19.1 Å². The quantitative estimate of drug-likeness (QED) is 0.795. The van der Waals surface area contributed by atoms with Crippen molar-refractivity contribution in [3.8, 4) is 0 Å². The first-order chi connectivity index (χ1) is 12.0. The fraction of sp³-hybridized carbons (Fsp3) is 0.389. The number of aromatic nitrogens is 1. The zero-order valence-electron chi connectivity index (χ0n) is 14.6. The number of esters is 1. The van der Waals surface area contributed by atoms with Gasteiger partial charge in [0.2, 0.25) is 5.76 Å². The van der Waals surface area contributed by atoms with Crippen molar-refractivity contribution in [2.24, 2.45) is 0 Å². The molecule has 2 heterocycles. The number of hydrogen-bond acceptors (Lipinski definition) is 6. The van der Waals surface area contributed by atoms with Gasteiger partial charge >= 0.3 is 5.97 Å². The summed E-state index contributed by atoms with van der Waals surface area (Å²) in [7, 11) is 1.37. The molecule has 1 aliphatic heterocycles. The first kappa shape index (κ1) is 17.0. The highest BCUT2D eigenvalue weighted by Gasteiger charge is 2.30. The van der Waals surface area contributed by atoms with Gasteiger partial charge in [0.25, 0.3) is 5.91 Å². The van der Waals surface area contributed by atoms with Crippen LogP contribution >= 0.6 is 0 Å². The maximum Gasteiger partial charge on any atom is 0.337 e. The van der Waals surface area contributed by atoms with Crippen LogP contribution in [0.4, 0.5) is 5.69 Å². The molecule has 0 N–H and O–H groups in total. The van der Waals surface area contributed by atoms with Crippen LogP contribution in [0.25, 0.3) is 0 Å². The van der Waals surface area contributed by atoms with Crippen LogP contribution in [0, 0.1) is 6.92 Å². The molecule has 1 saturated heterocycles. The van der Waals surface area contributed by atoms with Crippen molar-refractivity contribution in [2.45, 2.75) is 19.9 Å². The van der Waals surface area contributed by atoms with E-state index in [2.05, 4.69) is 10.1 Å². The number of ether oxygens (including phenoxy) is 1. The first-order valence-electron chi connectivity index (χ1n) is 8.17. The Bertz CT molecular complexity index is 769. The van der Waals surface area contributed by atoms with Crippen LogP contribution in [0.5, 0.6) is 0 Å². The van der Waals surface area contributed by atoms with Gasteiger partial charge in [-0.05, 0) is 38.1 Å². The van der Waals surface area contributed by atoms with E-state index < -0.39 is 0 Å². The van der Waals surface area contributed by atoms with Crippen LogP contribution in [0.2, 0.25) is 0 Å². The summed E-state index contributed by atoms with van der Waals surface area (Å²) in [5.41, 5.74) is 2.23. The second-order valence-electron chi connectivity index (χ2n) is 6.16. The average Bonchev–Trinajstić information content (AvgIpc) is 3.07. The fourth-order valence-corrected chi connectivity index (χ4v) is 3.03. The van der Waals surface area contributed by atoms with Crippen molar-refractivity contribution in [1.82, 2.24) is 10.1 Å². The minimum atomic E-state index is -0.349. The average molecular weight is 343 g/mol. The number of piperazine rings is 1. The molecule has 1 amide bonds. The smallest absolute Gasteiger partial charge is 0.337 e. The molecule has 7 nitrogen and oxygen atoms in total. The lowest BCUT2D eigenvalue weighted by Crippen LogP contribution is -2.54. The summed E-state index contributed by atoms with van der Waals surface area (Å²) in [5.74, 6) is -0.202. The number of aryl methyl sites for hydroxylation is 1. The molecule has 0 bridgehead atoms. The SMILES string of the molecule is COC(=O)c1ccc(N2CCN(C(=O)c3cc(C)no3)[C@@H](C)C2)cc1. The van der Waals surface area contributed by atoms with Crippen molar-refractivity contribution < 1.29 is 18.8 Å². The molecule has 3 rings (SSSR count). The van der Waals surface area contributed by atoms with Gasteiger partial charge in [0.15, 0.2) is 0 Å².